The van der Waals surface area contributed by atoms with Gasteiger partial charge in [-0.05, 0) is 65.4 Å². The number of para-hydroxylation sites is 1. The Morgan fingerprint density at radius 2 is 1.90 bits per heavy atom. The van der Waals surface area contributed by atoms with Crippen molar-refractivity contribution in [2.75, 3.05) is 18.5 Å². The topological polar surface area (TPSA) is 112 Å². The van der Waals surface area contributed by atoms with Crippen LogP contribution in [0.5, 0.6) is 0 Å². The van der Waals surface area contributed by atoms with Crippen LogP contribution in [-0.2, 0) is 20.7 Å². The van der Waals surface area contributed by atoms with Crippen molar-refractivity contribution >= 4 is 50.3 Å². The minimum Gasteiger partial charge on any atom is -0.481 e. The second-order valence-electron chi connectivity index (χ2n) is 10.4. The molecule has 1 aliphatic heterocycles. The number of halogens is 2. The second kappa shape index (κ2) is 11.9. The fraction of sp³-hybridized carbons (Fsp3) is 0.414. The minimum atomic E-state index is -1.10. The summed E-state index contributed by atoms with van der Waals surface area (Å²) in [5.41, 5.74) is 2.73. The van der Waals surface area contributed by atoms with Crippen LogP contribution >= 0.6 is 15.9 Å². The predicted octanol–water partition coefficient (Wildman–Crippen LogP) is 5.32. The van der Waals surface area contributed by atoms with Gasteiger partial charge in [-0.3, -0.25) is 14.4 Å². The molecule has 2 aliphatic rings. The molecule has 0 radical (unpaired) electrons. The van der Waals surface area contributed by atoms with E-state index in [1.807, 2.05) is 24.3 Å². The van der Waals surface area contributed by atoms with Gasteiger partial charge >= 0.3 is 5.97 Å². The van der Waals surface area contributed by atoms with Crippen molar-refractivity contribution in [1.82, 2.24) is 9.88 Å². The van der Waals surface area contributed by atoms with E-state index in [-0.39, 0.29) is 55.9 Å². The first-order valence-electron chi connectivity index (χ1n) is 13.2. The van der Waals surface area contributed by atoms with E-state index in [2.05, 4.69) is 26.2 Å². The molecule has 1 saturated carbocycles. The molecule has 8 nitrogen and oxygen atoms in total. The van der Waals surface area contributed by atoms with Gasteiger partial charge < -0.3 is 25.0 Å². The number of benzene rings is 2. The van der Waals surface area contributed by atoms with Gasteiger partial charge in [-0.1, -0.05) is 24.3 Å². The number of anilines is 1. The van der Waals surface area contributed by atoms with Gasteiger partial charge in [-0.15, -0.1) is 0 Å². The normalized spacial score (nSPS) is 23.2. The first-order valence-corrected chi connectivity index (χ1v) is 14.0. The maximum absolute atomic E-state index is 14.3. The van der Waals surface area contributed by atoms with Gasteiger partial charge in [0, 0.05) is 28.0 Å². The number of hydrogen-bond acceptors (Lipinski definition) is 4. The zero-order valence-corrected chi connectivity index (χ0v) is 23.0. The van der Waals surface area contributed by atoms with Gasteiger partial charge in [0.2, 0.25) is 5.91 Å². The molecule has 39 heavy (non-hydrogen) atoms. The average Bonchev–Trinajstić information content (AvgIpc) is 3.52. The number of ether oxygens (including phenoxy) is 1. The van der Waals surface area contributed by atoms with E-state index in [9.17, 15) is 18.8 Å². The largest absolute Gasteiger partial charge is 0.481 e. The third-order valence-corrected chi connectivity index (χ3v) is 8.36. The van der Waals surface area contributed by atoms with Crippen molar-refractivity contribution in [2.45, 2.75) is 56.8 Å². The molecule has 0 bridgehead atoms. The molecule has 2 amide bonds. The maximum Gasteiger partial charge on any atom is 0.306 e. The molecule has 0 unspecified atom stereocenters. The summed E-state index contributed by atoms with van der Waals surface area (Å²) in [4.78, 5) is 41.8. The van der Waals surface area contributed by atoms with E-state index < -0.39 is 12.1 Å². The molecule has 206 valence electrons. The molecule has 2 atom stereocenters. The third-order valence-electron chi connectivity index (χ3n) is 7.70. The van der Waals surface area contributed by atoms with Crippen LogP contribution in [0.1, 0.15) is 48.0 Å². The molecule has 3 aromatic rings. The number of aromatic amines is 1. The molecule has 0 spiro atoms. The number of alkyl halides is 1. The number of carboxylic acids is 1. The summed E-state index contributed by atoms with van der Waals surface area (Å²) in [6.07, 6.45) is 3.33. The minimum absolute atomic E-state index is 0.0402. The van der Waals surface area contributed by atoms with Crippen LogP contribution in [0, 0.1) is 5.92 Å². The summed E-state index contributed by atoms with van der Waals surface area (Å²) in [5, 5.41) is 12.9. The number of aliphatic carboxylic acids is 1. The Bertz CT molecular complexity index is 1370. The highest BCUT2D eigenvalue weighted by Gasteiger charge is 2.36. The molecule has 3 N–H and O–H groups in total. The van der Waals surface area contributed by atoms with Crippen molar-refractivity contribution in [1.29, 1.82) is 0 Å². The smallest absolute Gasteiger partial charge is 0.306 e. The zero-order chi connectivity index (χ0) is 27.5. The Labute approximate surface area is 234 Å². The molecule has 1 aromatic heterocycles. The predicted molar refractivity (Wildman–Crippen MR) is 148 cm³/mol. The van der Waals surface area contributed by atoms with Crippen LogP contribution < -0.4 is 5.32 Å². The number of amides is 2. The Morgan fingerprint density at radius 1 is 1.13 bits per heavy atom. The number of carbonyl (C=O) groups is 3. The van der Waals surface area contributed by atoms with Crippen LogP contribution in [0.15, 0.2) is 53.1 Å². The van der Waals surface area contributed by atoms with Gasteiger partial charge in [0.1, 0.15) is 6.17 Å². The molecule has 5 rings (SSSR count). The number of aromatic nitrogens is 1. The lowest BCUT2D eigenvalue weighted by Crippen LogP contribution is -2.40. The maximum atomic E-state index is 14.3. The Hall–Kier alpha value is -3.24. The molecular formula is C29H31BrFN3O5. The van der Waals surface area contributed by atoms with Crippen molar-refractivity contribution in [3.05, 3.63) is 64.3 Å². The fourth-order valence-corrected chi connectivity index (χ4v) is 6.07. The van der Waals surface area contributed by atoms with E-state index >= 15 is 0 Å². The number of likely N-dealkylation sites (tertiary alicyclic amines) is 1. The monoisotopic (exact) mass is 599 g/mol. The number of nitrogens with zero attached hydrogens (tertiary/aromatic N) is 1. The summed E-state index contributed by atoms with van der Waals surface area (Å²) < 4.78 is 21.0. The summed E-state index contributed by atoms with van der Waals surface area (Å²) in [7, 11) is 0. The molecular weight excluding hydrogens is 569 g/mol. The number of nitrogens with one attached hydrogen (secondary N) is 2. The zero-order valence-electron chi connectivity index (χ0n) is 21.4. The fourth-order valence-electron chi connectivity index (χ4n) is 5.54. The van der Waals surface area contributed by atoms with Crippen LogP contribution in [0.3, 0.4) is 0 Å². The highest BCUT2D eigenvalue weighted by molar-refractivity contribution is 9.10. The van der Waals surface area contributed by atoms with E-state index in [0.29, 0.717) is 41.4 Å². The summed E-state index contributed by atoms with van der Waals surface area (Å²) in [6.45, 7) is 0.287. The molecule has 2 fully saturated rings. The molecule has 1 aliphatic carbocycles. The van der Waals surface area contributed by atoms with Gasteiger partial charge in [-0.25, -0.2) is 4.39 Å². The Kier molecular flexibility index (Phi) is 8.32. The SMILES string of the molecule is O=C(Nc1ccc(CC(=O)N2C[C@@H](F)C[C@H]2CO[C@H]2CC[C@H](C(=O)O)CC2)cc1Br)c1c[nH]c2ccccc12. The summed E-state index contributed by atoms with van der Waals surface area (Å²) >= 11 is 3.50. The van der Waals surface area contributed by atoms with Crippen LogP contribution in [0.4, 0.5) is 10.1 Å². The van der Waals surface area contributed by atoms with E-state index in [4.69, 9.17) is 9.84 Å². The lowest BCUT2D eigenvalue weighted by Gasteiger charge is -2.29. The highest BCUT2D eigenvalue weighted by Crippen LogP contribution is 2.30. The first kappa shape index (κ1) is 27.3. The van der Waals surface area contributed by atoms with Gasteiger partial charge in [-0.2, -0.15) is 0 Å². The van der Waals surface area contributed by atoms with Gasteiger partial charge in [0.25, 0.3) is 5.91 Å². The van der Waals surface area contributed by atoms with E-state index in [1.54, 1.807) is 29.3 Å². The standard InChI is InChI=1S/C29H31BrFN3O5/c30-24-11-17(5-10-26(24)33-28(36)23-14-32-25-4-2-1-3-22(23)25)12-27(35)34-15-19(31)13-20(34)16-39-21-8-6-18(7-9-21)29(37)38/h1-5,10-11,14,18-21,32H,6-9,12-13,15-16H2,(H,33,36)(H,37,38)/t18-,19-,20-,21-/m0/s1. The van der Waals surface area contributed by atoms with Crippen LogP contribution in [0.2, 0.25) is 0 Å². The highest BCUT2D eigenvalue weighted by atomic mass is 79.9. The van der Waals surface area contributed by atoms with Crippen molar-refractivity contribution in [2.24, 2.45) is 5.92 Å². The first-order chi connectivity index (χ1) is 18.8. The number of fused-ring (bicyclic) bond motifs is 1. The Balaban J connectivity index is 1.17. The van der Waals surface area contributed by atoms with Crippen molar-refractivity contribution < 1.29 is 28.6 Å². The van der Waals surface area contributed by atoms with Crippen molar-refractivity contribution in [3.63, 3.8) is 0 Å². The quantitative estimate of drug-likeness (QED) is 0.324. The number of carbonyl (C=O) groups excluding carboxylic acids is 2. The lowest BCUT2D eigenvalue weighted by atomic mass is 9.87. The van der Waals surface area contributed by atoms with Gasteiger partial charge in [0.05, 0.1) is 48.9 Å². The van der Waals surface area contributed by atoms with Crippen LogP contribution in [0.25, 0.3) is 10.9 Å². The summed E-state index contributed by atoms with van der Waals surface area (Å²) in [5.74, 6) is -1.52. The second-order valence-corrected chi connectivity index (χ2v) is 11.2. The molecule has 2 aromatic carbocycles. The van der Waals surface area contributed by atoms with Crippen LogP contribution in [-0.4, -0.2) is 64.2 Å². The molecule has 10 heteroatoms. The lowest BCUT2D eigenvalue weighted by molar-refractivity contribution is -0.144. The third kappa shape index (κ3) is 6.33. The average molecular weight is 600 g/mol. The number of rotatable bonds is 8. The number of carboxylic acid groups (broad SMARTS) is 1. The van der Waals surface area contributed by atoms with E-state index in [1.165, 1.54) is 0 Å². The number of H-pyrrole nitrogens is 1. The molecule has 2 heterocycles. The van der Waals surface area contributed by atoms with Gasteiger partial charge in [0.15, 0.2) is 0 Å². The Morgan fingerprint density at radius 3 is 2.64 bits per heavy atom. The molecule has 1 saturated heterocycles. The number of hydrogen-bond donors (Lipinski definition) is 3. The van der Waals surface area contributed by atoms with E-state index in [0.717, 1.165) is 16.5 Å². The summed E-state index contributed by atoms with van der Waals surface area (Å²) in [6, 6.07) is 12.5. The van der Waals surface area contributed by atoms with Crippen molar-refractivity contribution in [3.8, 4) is 0 Å².